The Balaban J connectivity index is 4.12. The molecule has 0 spiro atoms. The second-order valence-electron chi connectivity index (χ2n) is 6.79. The van der Waals surface area contributed by atoms with Crippen LogP contribution in [0, 0.1) is 5.92 Å². The number of alkyl carbamates (subject to hydrolysis) is 1. The Hall–Kier alpha value is -2.32. The van der Waals surface area contributed by atoms with Crippen molar-refractivity contribution in [3.63, 3.8) is 0 Å². The van der Waals surface area contributed by atoms with E-state index in [4.69, 9.17) is 9.84 Å². The standard InChI is InChI=1S/C16H29N3O6/c1-11(10-18-15(24)25-16(2,3)4)14(23)19(5)9-7-12(20)17-8-6-13(21)22/h11H,6-10H2,1-5H3,(H,17,20)(H,18,24)(H,21,22). The Bertz CT molecular complexity index is 487. The molecule has 0 aromatic heterocycles. The smallest absolute Gasteiger partial charge is 0.407 e. The second kappa shape index (κ2) is 10.5. The number of nitrogens with zero attached hydrogens (tertiary/aromatic N) is 1. The lowest BCUT2D eigenvalue weighted by Crippen LogP contribution is -2.41. The molecule has 0 aromatic rings. The van der Waals surface area contributed by atoms with Crippen LogP contribution < -0.4 is 10.6 Å². The van der Waals surface area contributed by atoms with Crippen molar-refractivity contribution in [1.82, 2.24) is 15.5 Å². The van der Waals surface area contributed by atoms with E-state index < -0.39 is 23.6 Å². The summed E-state index contributed by atoms with van der Waals surface area (Å²) in [5, 5.41) is 13.5. The van der Waals surface area contributed by atoms with Crippen molar-refractivity contribution < 1.29 is 29.0 Å². The largest absolute Gasteiger partial charge is 0.481 e. The maximum absolute atomic E-state index is 12.2. The quantitative estimate of drug-likeness (QED) is 0.553. The number of carbonyl (C=O) groups excluding carboxylic acids is 3. The molecule has 25 heavy (non-hydrogen) atoms. The molecule has 0 saturated heterocycles. The lowest BCUT2D eigenvalue weighted by molar-refractivity contribution is -0.137. The molecule has 9 heteroatoms. The van der Waals surface area contributed by atoms with Crippen LogP contribution in [0.2, 0.25) is 0 Å². The molecule has 3 amide bonds. The van der Waals surface area contributed by atoms with Gasteiger partial charge in [-0.15, -0.1) is 0 Å². The third kappa shape index (κ3) is 11.8. The average molecular weight is 359 g/mol. The number of ether oxygens (including phenoxy) is 1. The van der Waals surface area contributed by atoms with Gasteiger partial charge in [-0.05, 0) is 20.8 Å². The molecule has 1 unspecified atom stereocenters. The number of aliphatic carboxylic acids is 1. The van der Waals surface area contributed by atoms with Gasteiger partial charge in [-0.1, -0.05) is 6.92 Å². The van der Waals surface area contributed by atoms with Crippen LogP contribution in [-0.4, -0.2) is 66.2 Å². The van der Waals surface area contributed by atoms with Crippen molar-refractivity contribution in [2.45, 2.75) is 46.1 Å². The fraction of sp³-hybridized carbons (Fsp3) is 0.750. The highest BCUT2D eigenvalue weighted by atomic mass is 16.6. The summed E-state index contributed by atoms with van der Waals surface area (Å²) < 4.78 is 5.09. The Morgan fingerprint density at radius 1 is 1.12 bits per heavy atom. The molecule has 0 aliphatic carbocycles. The summed E-state index contributed by atoms with van der Waals surface area (Å²) in [6.45, 7) is 7.30. The zero-order valence-corrected chi connectivity index (χ0v) is 15.5. The summed E-state index contributed by atoms with van der Waals surface area (Å²) in [7, 11) is 1.57. The molecule has 144 valence electrons. The first-order valence-corrected chi connectivity index (χ1v) is 8.12. The number of rotatable bonds is 9. The van der Waals surface area contributed by atoms with Gasteiger partial charge in [-0.2, -0.15) is 0 Å². The van der Waals surface area contributed by atoms with E-state index in [2.05, 4.69) is 10.6 Å². The maximum atomic E-state index is 12.2. The van der Waals surface area contributed by atoms with Crippen molar-refractivity contribution in [2.75, 3.05) is 26.7 Å². The van der Waals surface area contributed by atoms with Crippen molar-refractivity contribution >= 4 is 23.9 Å². The van der Waals surface area contributed by atoms with E-state index in [1.54, 1.807) is 34.7 Å². The van der Waals surface area contributed by atoms with E-state index in [0.717, 1.165) is 0 Å². The zero-order chi connectivity index (χ0) is 19.6. The molecule has 1 atom stereocenters. The van der Waals surface area contributed by atoms with Gasteiger partial charge in [0.1, 0.15) is 5.60 Å². The Kier molecular flexibility index (Phi) is 9.55. The molecule has 0 saturated carbocycles. The minimum atomic E-state index is -0.987. The summed E-state index contributed by atoms with van der Waals surface area (Å²) in [5.74, 6) is -1.98. The number of nitrogens with one attached hydrogen (secondary N) is 2. The molecule has 0 heterocycles. The van der Waals surface area contributed by atoms with Crippen LogP contribution >= 0.6 is 0 Å². The first-order chi connectivity index (χ1) is 11.4. The molecular formula is C16H29N3O6. The predicted molar refractivity (Wildman–Crippen MR) is 90.9 cm³/mol. The van der Waals surface area contributed by atoms with Gasteiger partial charge in [0.15, 0.2) is 0 Å². The highest BCUT2D eigenvalue weighted by Crippen LogP contribution is 2.07. The minimum Gasteiger partial charge on any atom is -0.481 e. The first-order valence-electron chi connectivity index (χ1n) is 8.12. The third-order valence-corrected chi connectivity index (χ3v) is 3.08. The molecule has 0 aliphatic heterocycles. The van der Waals surface area contributed by atoms with Gasteiger partial charge in [0.05, 0.1) is 12.3 Å². The van der Waals surface area contributed by atoms with Crippen LogP contribution in [0.25, 0.3) is 0 Å². The summed E-state index contributed by atoms with van der Waals surface area (Å²) >= 11 is 0. The molecule has 0 bridgehead atoms. The van der Waals surface area contributed by atoms with E-state index in [1.807, 2.05) is 0 Å². The lowest BCUT2D eigenvalue weighted by Gasteiger charge is -2.23. The van der Waals surface area contributed by atoms with E-state index in [1.165, 1.54) is 4.90 Å². The van der Waals surface area contributed by atoms with Gasteiger partial charge < -0.3 is 25.4 Å². The number of hydrogen-bond donors (Lipinski definition) is 3. The topological polar surface area (TPSA) is 125 Å². The molecule has 0 fully saturated rings. The summed E-state index contributed by atoms with van der Waals surface area (Å²) in [5.41, 5.74) is -0.609. The van der Waals surface area contributed by atoms with Crippen LogP contribution in [0.3, 0.4) is 0 Å². The van der Waals surface area contributed by atoms with Crippen LogP contribution in [0.1, 0.15) is 40.5 Å². The molecule has 0 rings (SSSR count). The lowest BCUT2D eigenvalue weighted by atomic mass is 10.1. The van der Waals surface area contributed by atoms with Crippen LogP contribution in [0.5, 0.6) is 0 Å². The number of carboxylic acids is 1. The van der Waals surface area contributed by atoms with Crippen LogP contribution in [0.15, 0.2) is 0 Å². The van der Waals surface area contributed by atoms with E-state index in [-0.39, 0.29) is 44.3 Å². The van der Waals surface area contributed by atoms with Gasteiger partial charge in [-0.25, -0.2) is 4.79 Å². The third-order valence-electron chi connectivity index (χ3n) is 3.08. The average Bonchev–Trinajstić information content (AvgIpc) is 2.47. The van der Waals surface area contributed by atoms with Gasteiger partial charge >= 0.3 is 12.1 Å². The Morgan fingerprint density at radius 3 is 2.24 bits per heavy atom. The minimum absolute atomic E-state index is 0.0576. The van der Waals surface area contributed by atoms with Gasteiger partial charge in [0, 0.05) is 33.1 Å². The Morgan fingerprint density at radius 2 is 1.72 bits per heavy atom. The zero-order valence-electron chi connectivity index (χ0n) is 15.5. The van der Waals surface area contributed by atoms with Crippen molar-refractivity contribution in [3.05, 3.63) is 0 Å². The second-order valence-corrected chi connectivity index (χ2v) is 6.79. The van der Waals surface area contributed by atoms with Gasteiger partial charge in [0.25, 0.3) is 0 Å². The first kappa shape index (κ1) is 22.7. The van der Waals surface area contributed by atoms with Crippen molar-refractivity contribution in [2.24, 2.45) is 5.92 Å². The summed E-state index contributed by atoms with van der Waals surface area (Å²) in [4.78, 5) is 47.1. The highest BCUT2D eigenvalue weighted by molar-refractivity contribution is 5.81. The molecule has 9 nitrogen and oxygen atoms in total. The van der Waals surface area contributed by atoms with Gasteiger partial charge in [-0.3, -0.25) is 14.4 Å². The molecule has 0 radical (unpaired) electrons. The monoisotopic (exact) mass is 359 g/mol. The fourth-order valence-corrected chi connectivity index (χ4v) is 1.79. The van der Waals surface area contributed by atoms with Crippen LogP contribution in [0.4, 0.5) is 4.79 Å². The number of amides is 3. The SMILES string of the molecule is CC(CNC(=O)OC(C)(C)C)C(=O)N(C)CCC(=O)NCCC(=O)O. The maximum Gasteiger partial charge on any atom is 0.407 e. The Labute approximate surface area is 148 Å². The number of hydrogen-bond acceptors (Lipinski definition) is 5. The molecule has 0 aromatic carbocycles. The van der Waals surface area contributed by atoms with Crippen molar-refractivity contribution in [1.29, 1.82) is 0 Å². The van der Waals surface area contributed by atoms with E-state index >= 15 is 0 Å². The van der Waals surface area contributed by atoms with E-state index in [9.17, 15) is 19.2 Å². The summed E-state index contributed by atoms with van der Waals surface area (Å²) in [6.07, 6.45) is -0.658. The fourth-order valence-electron chi connectivity index (χ4n) is 1.79. The predicted octanol–water partition coefficient (Wildman–Crippen LogP) is 0.587. The van der Waals surface area contributed by atoms with Gasteiger partial charge in [0.2, 0.25) is 11.8 Å². The van der Waals surface area contributed by atoms with Crippen LogP contribution in [-0.2, 0) is 19.1 Å². The number of carbonyl (C=O) groups is 4. The van der Waals surface area contributed by atoms with E-state index in [0.29, 0.717) is 0 Å². The molecule has 3 N–H and O–H groups in total. The van der Waals surface area contributed by atoms with Crippen molar-refractivity contribution in [3.8, 4) is 0 Å². The highest BCUT2D eigenvalue weighted by Gasteiger charge is 2.21. The summed E-state index contributed by atoms with van der Waals surface area (Å²) in [6, 6.07) is 0. The number of carboxylic acid groups (broad SMARTS) is 1. The molecular weight excluding hydrogens is 330 g/mol. The molecule has 0 aliphatic rings. The normalized spacial score (nSPS) is 12.0.